The first-order chi connectivity index (χ1) is 5.74. The fourth-order valence-corrected chi connectivity index (χ4v) is 0.880. The largest absolute Gasteiger partial charge is 0.396 e. The average molecular weight is 198 g/mol. The van der Waals surface area contributed by atoms with E-state index in [0.29, 0.717) is 13.0 Å². The number of rotatable bonds is 7. The number of aliphatic hydroxyl groups excluding tert-OH is 3. The summed E-state index contributed by atoms with van der Waals surface area (Å²) in [4.78, 5) is 0. The van der Waals surface area contributed by atoms with Crippen LogP contribution in [0.2, 0.25) is 0 Å². The minimum absolute atomic E-state index is 0.0230. The van der Waals surface area contributed by atoms with E-state index < -0.39 is 6.10 Å². The smallest absolute Gasteiger partial charge is 0.0799 e. The lowest BCUT2D eigenvalue weighted by Crippen LogP contribution is -2.39. The van der Waals surface area contributed by atoms with Crippen LogP contribution in [0.25, 0.3) is 0 Å². The second-order valence-corrected chi connectivity index (χ2v) is 2.92. The molecule has 0 fully saturated rings. The summed E-state index contributed by atoms with van der Waals surface area (Å²) in [6.45, 7) is 0.319. The Balaban J connectivity index is 3.43. The van der Waals surface area contributed by atoms with Crippen molar-refractivity contribution >= 4 is 11.6 Å². The first-order valence-electron chi connectivity index (χ1n) is 3.93. The molecule has 0 saturated carbocycles. The summed E-state index contributed by atoms with van der Waals surface area (Å²) in [6.07, 6.45) is -0.120. The van der Waals surface area contributed by atoms with Crippen LogP contribution in [0, 0.1) is 0 Å². The molecule has 0 amide bonds. The minimum Gasteiger partial charge on any atom is -0.396 e. The van der Waals surface area contributed by atoms with Gasteiger partial charge < -0.3 is 20.6 Å². The van der Waals surface area contributed by atoms with Gasteiger partial charge in [0.25, 0.3) is 0 Å². The summed E-state index contributed by atoms with van der Waals surface area (Å²) >= 11 is 5.35. The minimum atomic E-state index is -0.598. The second kappa shape index (κ2) is 7.76. The normalized spacial score (nSPS) is 16.0. The molecular formula is C7H16ClNO3. The molecular weight excluding hydrogens is 182 g/mol. The van der Waals surface area contributed by atoms with Gasteiger partial charge in [-0.25, -0.2) is 0 Å². The van der Waals surface area contributed by atoms with Crippen molar-refractivity contribution in [3.8, 4) is 0 Å². The molecule has 2 unspecified atom stereocenters. The first kappa shape index (κ1) is 12.1. The number of nitrogens with one attached hydrogen (secondary N) is 1. The van der Waals surface area contributed by atoms with Crippen LogP contribution in [-0.2, 0) is 0 Å². The summed E-state index contributed by atoms with van der Waals surface area (Å²) in [5.41, 5.74) is 0. The average Bonchev–Trinajstić information content (AvgIpc) is 2.11. The maximum absolute atomic E-state index is 9.03. The summed E-state index contributed by atoms with van der Waals surface area (Å²) < 4.78 is 0. The van der Waals surface area contributed by atoms with E-state index in [4.69, 9.17) is 26.9 Å². The SMILES string of the molecule is OCCC(CO)NCC(O)CCl. The highest BCUT2D eigenvalue weighted by Gasteiger charge is 2.08. The number of hydrogen-bond acceptors (Lipinski definition) is 4. The lowest BCUT2D eigenvalue weighted by atomic mass is 10.2. The zero-order chi connectivity index (χ0) is 9.40. The molecule has 0 radical (unpaired) electrons. The summed E-state index contributed by atoms with van der Waals surface area (Å²) in [5.74, 6) is 0.171. The molecule has 0 bridgehead atoms. The molecule has 74 valence electrons. The Hall–Kier alpha value is 0.130. The molecule has 4 N–H and O–H groups in total. The van der Waals surface area contributed by atoms with E-state index in [2.05, 4.69) is 5.32 Å². The van der Waals surface area contributed by atoms with E-state index in [9.17, 15) is 0 Å². The van der Waals surface area contributed by atoms with Gasteiger partial charge in [-0.05, 0) is 6.42 Å². The lowest BCUT2D eigenvalue weighted by Gasteiger charge is -2.16. The molecule has 4 nitrogen and oxygen atoms in total. The second-order valence-electron chi connectivity index (χ2n) is 2.61. The maximum Gasteiger partial charge on any atom is 0.0799 e. The van der Waals surface area contributed by atoms with Gasteiger partial charge in [0.2, 0.25) is 0 Å². The van der Waals surface area contributed by atoms with E-state index in [0.717, 1.165) is 0 Å². The van der Waals surface area contributed by atoms with Crippen molar-refractivity contribution in [3.05, 3.63) is 0 Å². The standard InChI is InChI=1S/C7H16ClNO3/c8-3-7(12)4-9-6(5-11)1-2-10/h6-7,9-12H,1-5H2. The first-order valence-corrected chi connectivity index (χ1v) is 4.47. The molecule has 0 rings (SSSR count). The Morgan fingerprint density at radius 3 is 2.42 bits per heavy atom. The van der Waals surface area contributed by atoms with E-state index in [1.54, 1.807) is 0 Å². The number of halogens is 1. The summed E-state index contributed by atoms with van der Waals surface area (Å²) in [7, 11) is 0. The fraction of sp³-hybridized carbons (Fsp3) is 1.00. The van der Waals surface area contributed by atoms with Crippen molar-refractivity contribution in [1.82, 2.24) is 5.32 Å². The molecule has 12 heavy (non-hydrogen) atoms. The molecule has 0 aromatic carbocycles. The Morgan fingerprint density at radius 1 is 1.33 bits per heavy atom. The van der Waals surface area contributed by atoms with Crippen molar-refractivity contribution in [1.29, 1.82) is 0 Å². The van der Waals surface area contributed by atoms with Crippen LogP contribution in [0.1, 0.15) is 6.42 Å². The van der Waals surface area contributed by atoms with Gasteiger partial charge in [-0.1, -0.05) is 0 Å². The van der Waals surface area contributed by atoms with E-state index >= 15 is 0 Å². The van der Waals surface area contributed by atoms with Crippen molar-refractivity contribution in [2.24, 2.45) is 0 Å². The van der Waals surface area contributed by atoms with Gasteiger partial charge in [0, 0.05) is 25.1 Å². The van der Waals surface area contributed by atoms with Gasteiger partial charge in [-0.3, -0.25) is 0 Å². The van der Waals surface area contributed by atoms with Gasteiger partial charge in [0.1, 0.15) is 0 Å². The number of alkyl halides is 1. The summed E-state index contributed by atoms with van der Waals surface area (Å²) in [5, 5.41) is 29.2. The monoisotopic (exact) mass is 197 g/mol. The van der Waals surface area contributed by atoms with Crippen LogP contribution in [-0.4, -0.2) is 53.1 Å². The predicted octanol–water partition coefficient (Wildman–Crippen LogP) is -1.08. The van der Waals surface area contributed by atoms with Gasteiger partial charge in [-0.2, -0.15) is 0 Å². The van der Waals surface area contributed by atoms with Crippen molar-refractivity contribution in [2.75, 3.05) is 25.6 Å². The molecule has 0 heterocycles. The van der Waals surface area contributed by atoms with Crippen LogP contribution in [0.3, 0.4) is 0 Å². The Bertz CT molecular complexity index is 105. The highest BCUT2D eigenvalue weighted by Crippen LogP contribution is 1.91. The Kier molecular flexibility index (Phi) is 7.85. The van der Waals surface area contributed by atoms with Crippen LogP contribution < -0.4 is 5.32 Å². The topological polar surface area (TPSA) is 72.7 Å². The molecule has 0 aliphatic heterocycles. The van der Waals surface area contributed by atoms with Gasteiger partial charge >= 0.3 is 0 Å². The van der Waals surface area contributed by atoms with Crippen LogP contribution in [0.5, 0.6) is 0 Å². The lowest BCUT2D eigenvalue weighted by molar-refractivity contribution is 0.161. The molecule has 0 spiro atoms. The number of aliphatic hydroxyl groups is 3. The van der Waals surface area contributed by atoms with Crippen LogP contribution in [0.15, 0.2) is 0 Å². The van der Waals surface area contributed by atoms with Crippen molar-refractivity contribution < 1.29 is 15.3 Å². The Labute approximate surface area is 77.2 Å². The van der Waals surface area contributed by atoms with Gasteiger partial charge in [0.15, 0.2) is 0 Å². The van der Waals surface area contributed by atoms with Gasteiger partial charge in [0.05, 0.1) is 12.7 Å². The zero-order valence-corrected chi connectivity index (χ0v) is 7.67. The third-order valence-electron chi connectivity index (χ3n) is 1.52. The van der Waals surface area contributed by atoms with Gasteiger partial charge in [-0.15, -0.1) is 11.6 Å². The molecule has 0 saturated heterocycles. The molecule has 0 aromatic rings. The molecule has 2 atom stereocenters. The van der Waals surface area contributed by atoms with Crippen molar-refractivity contribution in [2.45, 2.75) is 18.6 Å². The third kappa shape index (κ3) is 5.74. The maximum atomic E-state index is 9.03. The highest BCUT2D eigenvalue weighted by molar-refractivity contribution is 6.18. The quantitative estimate of drug-likeness (QED) is 0.392. The molecule has 0 aromatic heterocycles. The third-order valence-corrected chi connectivity index (χ3v) is 1.87. The van der Waals surface area contributed by atoms with Crippen molar-refractivity contribution in [3.63, 3.8) is 0 Å². The van der Waals surface area contributed by atoms with Crippen LogP contribution >= 0.6 is 11.6 Å². The van der Waals surface area contributed by atoms with Crippen LogP contribution in [0.4, 0.5) is 0 Å². The zero-order valence-electron chi connectivity index (χ0n) is 6.91. The fourth-order valence-electron chi connectivity index (χ4n) is 0.771. The van der Waals surface area contributed by atoms with E-state index in [1.165, 1.54) is 0 Å². The predicted molar refractivity (Wildman–Crippen MR) is 47.3 cm³/mol. The van der Waals surface area contributed by atoms with E-state index in [1.807, 2.05) is 0 Å². The molecule has 0 aliphatic carbocycles. The summed E-state index contributed by atoms with van der Waals surface area (Å²) in [6, 6.07) is -0.159. The number of hydrogen-bond donors (Lipinski definition) is 4. The molecule has 0 aliphatic rings. The highest BCUT2D eigenvalue weighted by atomic mass is 35.5. The molecule has 5 heteroatoms. The van der Waals surface area contributed by atoms with E-state index in [-0.39, 0.29) is 25.1 Å². The Morgan fingerprint density at radius 2 is 2.00 bits per heavy atom.